The highest BCUT2D eigenvalue weighted by atomic mass is 35.5. The molecule has 0 aliphatic carbocycles. The zero-order chi connectivity index (χ0) is 24.4. The van der Waals surface area contributed by atoms with Gasteiger partial charge in [0.1, 0.15) is 23.6 Å². The number of carboxylic acid groups (broad SMARTS) is 1. The van der Waals surface area contributed by atoms with Gasteiger partial charge >= 0.3 is 12.3 Å². The van der Waals surface area contributed by atoms with Crippen molar-refractivity contribution in [3.8, 4) is 11.5 Å². The highest BCUT2D eigenvalue weighted by Gasteiger charge is 2.32. The number of rotatable bonds is 7. The molecule has 0 aliphatic heterocycles. The lowest BCUT2D eigenvalue weighted by Crippen LogP contribution is -2.49. The van der Waals surface area contributed by atoms with Crippen LogP contribution in [0.15, 0.2) is 54.6 Å². The number of halogens is 4. The van der Waals surface area contributed by atoms with Crippen LogP contribution >= 0.6 is 11.6 Å². The SMILES string of the molecule is CC(C)(NC(=O)c1ccc2ccccc2c1OCc1ccc(OC(F)(F)F)c(Cl)c1)C(=O)O. The lowest BCUT2D eigenvalue weighted by molar-refractivity contribution is -0.274. The number of carbonyl (C=O) groups excluding carboxylic acids is 1. The summed E-state index contributed by atoms with van der Waals surface area (Å²) >= 11 is 5.90. The first-order valence-electron chi connectivity index (χ1n) is 9.62. The normalized spacial score (nSPS) is 11.8. The summed E-state index contributed by atoms with van der Waals surface area (Å²) in [5, 5.41) is 12.9. The Morgan fingerprint density at radius 3 is 2.39 bits per heavy atom. The number of hydrogen-bond donors (Lipinski definition) is 2. The maximum Gasteiger partial charge on any atom is 0.573 e. The lowest BCUT2D eigenvalue weighted by Gasteiger charge is -2.22. The molecule has 0 aromatic heterocycles. The number of carbonyl (C=O) groups is 2. The van der Waals surface area contributed by atoms with Crippen molar-refractivity contribution in [2.24, 2.45) is 0 Å². The second-order valence-electron chi connectivity index (χ2n) is 7.65. The molecule has 0 radical (unpaired) electrons. The van der Waals surface area contributed by atoms with Gasteiger partial charge in [0.2, 0.25) is 0 Å². The maximum atomic E-state index is 12.9. The van der Waals surface area contributed by atoms with Crippen molar-refractivity contribution in [3.63, 3.8) is 0 Å². The van der Waals surface area contributed by atoms with Crippen LogP contribution in [0.4, 0.5) is 13.2 Å². The molecule has 174 valence electrons. The first-order chi connectivity index (χ1) is 15.4. The Morgan fingerprint density at radius 2 is 1.76 bits per heavy atom. The first kappa shape index (κ1) is 24.2. The fourth-order valence-electron chi connectivity index (χ4n) is 2.98. The molecule has 0 heterocycles. The van der Waals surface area contributed by atoms with E-state index in [1.165, 1.54) is 32.0 Å². The van der Waals surface area contributed by atoms with Gasteiger partial charge in [-0.1, -0.05) is 48.0 Å². The molecule has 3 aromatic carbocycles. The van der Waals surface area contributed by atoms with Crippen molar-refractivity contribution in [2.45, 2.75) is 32.4 Å². The predicted octanol–water partition coefficient (Wildman–Crippen LogP) is 5.56. The highest BCUT2D eigenvalue weighted by Crippen LogP contribution is 2.33. The molecular weight excluding hydrogens is 463 g/mol. The van der Waals surface area contributed by atoms with E-state index in [9.17, 15) is 27.9 Å². The minimum atomic E-state index is -4.88. The highest BCUT2D eigenvalue weighted by molar-refractivity contribution is 6.32. The van der Waals surface area contributed by atoms with Gasteiger partial charge in [-0.2, -0.15) is 0 Å². The van der Waals surface area contributed by atoms with Crippen LogP contribution in [0.25, 0.3) is 10.8 Å². The molecule has 10 heteroatoms. The predicted molar refractivity (Wildman–Crippen MR) is 116 cm³/mol. The minimum Gasteiger partial charge on any atom is -0.487 e. The molecule has 33 heavy (non-hydrogen) atoms. The minimum absolute atomic E-state index is 0.103. The van der Waals surface area contributed by atoms with E-state index in [4.69, 9.17) is 16.3 Å². The molecule has 0 fully saturated rings. The molecule has 0 saturated carbocycles. The Balaban J connectivity index is 1.92. The van der Waals surface area contributed by atoms with Crippen LogP contribution in [0, 0.1) is 0 Å². The molecular formula is C23H19ClF3NO5. The number of alkyl halides is 3. The zero-order valence-corrected chi connectivity index (χ0v) is 18.3. The van der Waals surface area contributed by atoms with E-state index in [0.717, 1.165) is 11.5 Å². The van der Waals surface area contributed by atoms with Crippen LogP contribution in [0.1, 0.15) is 29.8 Å². The summed E-state index contributed by atoms with van der Waals surface area (Å²) < 4.78 is 47.1. The van der Waals surface area contributed by atoms with Crippen molar-refractivity contribution in [2.75, 3.05) is 0 Å². The van der Waals surface area contributed by atoms with Gasteiger partial charge in [0, 0.05) is 5.39 Å². The van der Waals surface area contributed by atoms with E-state index in [1.807, 2.05) is 6.07 Å². The quantitative estimate of drug-likeness (QED) is 0.461. The van der Waals surface area contributed by atoms with E-state index >= 15 is 0 Å². The Hall–Kier alpha value is -3.46. The van der Waals surface area contributed by atoms with Gasteiger partial charge in [-0.3, -0.25) is 4.79 Å². The molecule has 0 spiro atoms. The van der Waals surface area contributed by atoms with E-state index in [1.54, 1.807) is 24.3 Å². The van der Waals surface area contributed by atoms with Gasteiger partial charge in [-0.05, 0) is 43.0 Å². The number of carboxylic acids is 1. The van der Waals surface area contributed by atoms with Gasteiger partial charge < -0.3 is 19.9 Å². The number of hydrogen-bond acceptors (Lipinski definition) is 4. The molecule has 2 N–H and O–H groups in total. The molecule has 0 atom stereocenters. The van der Waals surface area contributed by atoms with E-state index in [-0.39, 0.29) is 22.9 Å². The largest absolute Gasteiger partial charge is 0.573 e. The molecule has 3 aromatic rings. The zero-order valence-electron chi connectivity index (χ0n) is 17.5. The van der Waals surface area contributed by atoms with E-state index < -0.39 is 29.5 Å². The van der Waals surface area contributed by atoms with Crippen LogP contribution in [0.2, 0.25) is 5.02 Å². The third-order valence-corrected chi connectivity index (χ3v) is 4.99. The average Bonchev–Trinajstić information content (AvgIpc) is 2.72. The maximum absolute atomic E-state index is 12.9. The average molecular weight is 482 g/mol. The number of ether oxygens (including phenoxy) is 2. The Labute approximate surface area is 191 Å². The molecule has 0 unspecified atom stereocenters. The fraction of sp³-hybridized carbons (Fsp3) is 0.217. The lowest BCUT2D eigenvalue weighted by atomic mass is 10.0. The third kappa shape index (κ3) is 5.87. The van der Waals surface area contributed by atoms with Gasteiger partial charge in [0.25, 0.3) is 5.91 Å². The molecule has 0 aliphatic rings. The van der Waals surface area contributed by atoms with Crippen molar-refractivity contribution in [1.82, 2.24) is 5.32 Å². The van der Waals surface area contributed by atoms with Gasteiger partial charge in [-0.25, -0.2) is 4.79 Å². The van der Waals surface area contributed by atoms with Crippen molar-refractivity contribution in [1.29, 1.82) is 0 Å². The summed E-state index contributed by atoms with van der Waals surface area (Å²) in [7, 11) is 0. The third-order valence-electron chi connectivity index (χ3n) is 4.69. The van der Waals surface area contributed by atoms with Crippen molar-refractivity contribution in [3.05, 3.63) is 70.7 Å². The van der Waals surface area contributed by atoms with Crippen LogP contribution < -0.4 is 14.8 Å². The summed E-state index contributed by atoms with van der Waals surface area (Å²) in [6.07, 6.45) is -4.88. The Morgan fingerprint density at radius 1 is 1.06 bits per heavy atom. The second kappa shape index (κ2) is 9.19. The van der Waals surface area contributed by atoms with Crippen LogP contribution in [-0.2, 0) is 11.4 Å². The molecule has 3 rings (SSSR count). The summed E-state index contributed by atoms with van der Waals surface area (Å²) in [5.74, 6) is -2.22. The van der Waals surface area contributed by atoms with Gasteiger partial charge in [0.05, 0.1) is 10.6 Å². The molecule has 0 bridgehead atoms. The summed E-state index contributed by atoms with van der Waals surface area (Å²) in [5.41, 5.74) is -0.993. The Kier molecular flexibility index (Phi) is 6.73. The van der Waals surface area contributed by atoms with E-state index in [2.05, 4.69) is 10.1 Å². The number of benzene rings is 3. The van der Waals surface area contributed by atoms with Crippen LogP contribution in [-0.4, -0.2) is 28.9 Å². The summed E-state index contributed by atoms with van der Waals surface area (Å²) in [6, 6.07) is 14.0. The first-order valence-corrected chi connectivity index (χ1v) is 10.00. The number of nitrogens with one attached hydrogen (secondary N) is 1. The number of amides is 1. The van der Waals surface area contributed by atoms with Crippen LogP contribution in [0.5, 0.6) is 11.5 Å². The summed E-state index contributed by atoms with van der Waals surface area (Å²) in [6.45, 7) is 2.57. The van der Waals surface area contributed by atoms with Gasteiger partial charge in [-0.15, -0.1) is 13.2 Å². The summed E-state index contributed by atoms with van der Waals surface area (Å²) in [4.78, 5) is 24.3. The second-order valence-corrected chi connectivity index (χ2v) is 8.06. The smallest absolute Gasteiger partial charge is 0.487 e. The fourth-order valence-corrected chi connectivity index (χ4v) is 3.22. The molecule has 6 nitrogen and oxygen atoms in total. The van der Waals surface area contributed by atoms with Crippen molar-refractivity contribution < 1.29 is 37.3 Å². The standard InChI is InChI=1S/C23H19ClF3NO5/c1-22(2,21(30)31)28-20(29)16-9-8-14-5-3-4-6-15(14)19(16)32-12-13-7-10-18(17(24)11-13)33-23(25,26)27/h3-11H,12H2,1-2H3,(H,28,29)(H,30,31). The van der Waals surface area contributed by atoms with Gasteiger partial charge in [0.15, 0.2) is 0 Å². The topological polar surface area (TPSA) is 84.9 Å². The van der Waals surface area contributed by atoms with Crippen LogP contribution in [0.3, 0.4) is 0 Å². The Bertz CT molecular complexity index is 1210. The monoisotopic (exact) mass is 481 g/mol. The molecule has 0 saturated heterocycles. The number of fused-ring (bicyclic) bond motifs is 1. The molecule has 1 amide bonds. The van der Waals surface area contributed by atoms with E-state index in [0.29, 0.717) is 10.9 Å². The van der Waals surface area contributed by atoms with Crippen molar-refractivity contribution >= 4 is 34.2 Å². The number of aliphatic carboxylic acids is 1.